The molecule has 0 bridgehead atoms. The zero-order chi connectivity index (χ0) is 6.85. The molecule has 10 heavy (non-hydrogen) atoms. The number of rotatable bonds is 0. The van der Waals surface area contributed by atoms with Crippen LogP contribution in [0.4, 0.5) is 0 Å². The average molecular weight is 164 g/mol. The van der Waals surface area contributed by atoms with Crippen LogP contribution in [0.2, 0.25) is 0 Å². The van der Waals surface area contributed by atoms with Crippen molar-refractivity contribution in [3.05, 3.63) is 0 Å². The fourth-order valence-corrected chi connectivity index (χ4v) is 1.55. The van der Waals surface area contributed by atoms with Crippen LogP contribution in [0.1, 0.15) is 33.1 Å². The normalized spacial score (nSPS) is 35.1. The molecule has 0 N–H and O–H groups in total. The van der Waals surface area contributed by atoms with Crippen LogP contribution in [0.3, 0.4) is 0 Å². The van der Waals surface area contributed by atoms with Crippen LogP contribution in [0.25, 0.3) is 0 Å². The van der Waals surface area contributed by atoms with Crippen LogP contribution in [0.15, 0.2) is 0 Å². The van der Waals surface area contributed by atoms with Gasteiger partial charge in [0.2, 0.25) is 0 Å². The van der Waals surface area contributed by atoms with E-state index in [-0.39, 0.29) is 12.4 Å². The van der Waals surface area contributed by atoms with Crippen molar-refractivity contribution >= 4 is 12.4 Å². The summed E-state index contributed by atoms with van der Waals surface area (Å²) in [7, 11) is 2.23. The van der Waals surface area contributed by atoms with Crippen LogP contribution < -0.4 is 0 Å². The molecule has 2 atom stereocenters. The first kappa shape index (κ1) is 10.2. The van der Waals surface area contributed by atoms with Crippen molar-refractivity contribution in [3.8, 4) is 0 Å². The number of piperidine rings is 1. The summed E-state index contributed by atoms with van der Waals surface area (Å²) in [4.78, 5) is 2.48. The van der Waals surface area contributed by atoms with Crippen molar-refractivity contribution in [1.82, 2.24) is 4.90 Å². The van der Waals surface area contributed by atoms with Gasteiger partial charge in [-0.15, -0.1) is 12.4 Å². The Hall–Kier alpha value is 0.250. The maximum Gasteiger partial charge on any atom is 0.00667 e. The molecule has 1 rings (SSSR count). The van der Waals surface area contributed by atoms with Crippen LogP contribution in [0.5, 0.6) is 0 Å². The molecule has 0 saturated carbocycles. The van der Waals surface area contributed by atoms with E-state index in [1.54, 1.807) is 0 Å². The first-order chi connectivity index (χ1) is 4.22. The fourth-order valence-electron chi connectivity index (χ4n) is 1.55. The molecule has 2 unspecified atom stereocenters. The van der Waals surface area contributed by atoms with Gasteiger partial charge >= 0.3 is 0 Å². The van der Waals surface area contributed by atoms with Crippen molar-refractivity contribution in [1.29, 1.82) is 0 Å². The van der Waals surface area contributed by atoms with E-state index < -0.39 is 0 Å². The van der Waals surface area contributed by atoms with Gasteiger partial charge in [-0.1, -0.05) is 6.42 Å². The quantitative estimate of drug-likeness (QED) is 0.530. The molecule has 2 heteroatoms. The van der Waals surface area contributed by atoms with E-state index in [0.717, 1.165) is 12.1 Å². The molecule has 1 heterocycles. The monoisotopic (exact) mass is 163 g/mol. The molecule has 0 aromatic rings. The lowest BCUT2D eigenvalue weighted by Gasteiger charge is -2.35. The van der Waals surface area contributed by atoms with Crippen LogP contribution in [0, 0.1) is 0 Å². The van der Waals surface area contributed by atoms with E-state index in [2.05, 4.69) is 25.8 Å². The summed E-state index contributed by atoms with van der Waals surface area (Å²) < 4.78 is 0. The Balaban J connectivity index is 0.000000810. The van der Waals surface area contributed by atoms with E-state index in [9.17, 15) is 0 Å². The van der Waals surface area contributed by atoms with Gasteiger partial charge in [0.15, 0.2) is 0 Å². The number of likely N-dealkylation sites (tertiary alicyclic amines) is 1. The minimum absolute atomic E-state index is 0. The highest BCUT2D eigenvalue weighted by atomic mass is 35.5. The van der Waals surface area contributed by atoms with Crippen LogP contribution in [-0.4, -0.2) is 24.0 Å². The van der Waals surface area contributed by atoms with Gasteiger partial charge < -0.3 is 4.90 Å². The lowest BCUT2D eigenvalue weighted by atomic mass is 9.99. The van der Waals surface area contributed by atoms with Gasteiger partial charge in [-0.25, -0.2) is 0 Å². The topological polar surface area (TPSA) is 3.24 Å². The van der Waals surface area contributed by atoms with Crippen molar-refractivity contribution in [2.45, 2.75) is 45.2 Å². The van der Waals surface area contributed by atoms with Crippen molar-refractivity contribution in [2.75, 3.05) is 7.05 Å². The summed E-state index contributed by atoms with van der Waals surface area (Å²) in [5, 5.41) is 0. The highest BCUT2D eigenvalue weighted by Gasteiger charge is 2.19. The number of nitrogens with zero attached hydrogens (tertiary/aromatic N) is 1. The molecule has 1 nitrogen and oxygen atoms in total. The van der Waals surface area contributed by atoms with E-state index in [4.69, 9.17) is 0 Å². The number of hydrogen-bond acceptors (Lipinski definition) is 1. The number of halogens is 1. The summed E-state index contributed by atoms with van der Waals surface area (Å²) in [6.45, 7) is 4.63. The molecule has 0 aromatic heterocycles. The van der Waals surface area contributed by atoms with Crippen molar-refractivity contribution in [2.24, 2.45) is 0 Å². The van der Waals surface area contributed by atoms with Gasteiger partial charge in [-0.05, 0) is 33.7 Å². The Bertz CT molecular complexity index is 85.3. The lowest BCUT2D eigenvalue weighted by molar-refractivity contribution is 0.138. The summed E-state index contributed by atoms with van der Waals surface area (Å²) in [5.74, 6) is 0. The fraction of sp³-hybridized carbons (Fsp3) is 1.00. The summed E-state index contributed by atoms with van der Waals surface area (Å²) >= 11 is 0. The summed E-state index contributed by atoms with van der Waals surface area (Å²) in [5.41, 5.74) is 0. The molecule has 1 fully saturated rings. The molecule has 62 valence electrons. The second kappa shape index (κ2) is 4.20. The predicted octanol–water partition coefficient (Wildman–Crippen LogP) is 2.30. The van der Waals surface area contributed by atoms with Gasteiger partial charge in [0.25, 0.3) is 0 Å². The Kier molecular flexibility index (Phi) is 4.30. The SMILES string of the molecule is CC1CCCC(C)N1C.Cl. The second-order valence-corrected chi connectivity index (χ2v) is 3.29. The third-order valence-corrected chi connectivity index (χ3v) is 2.63. The smallest absolute Gasteiger partial charge is 0.00667 e. The zero-order valence-electron chi connectivity index (χ0n) is 7.13. The van der Waals surface area contributed by atoms with E-state index >= 15 is 0 Å². The minimum Gasteiger partial charge on any atom is -0.301 e. The largest absolute Gasteiger partial charge is 0.301 e. The van der Waals surface area contributed by atoms with Crippen LogP contribution >= 0.6 is 12.4 Å². The van der Waals surface area contributed by atoms with E-state index in [0.29, 0.717) is 0 Å². The molecule has 1 aliphatic heterocycles. The highest BCUT2D eigenvalue weighted by Crippen LogP contribution is 2.19. The Labute approximate surface area is 70.2 Å². The van der Waals surface area contributed by atoms with Crippen molar-refractivity contribution in [3.63, 3.8) is 0 Å². The van der Waals surface area contributed by atoms with E-state index in [1.165, 1.54) is 19.3 Å². The molecule has 1 saturated heterocycles. The number of hydrogen-bond donors (Lipinski definition) is 0. The molecule has 0 spiro atoms. The molecule has 0 radical (unpaired) electrons. The minimum atomic E-state index is 0. The Morgan fingerprint density at radius 2 is 1.50 bits per heavy atom. The maximum atomic E-state index is 2.48. The summed E-state index contributed by atoms with van der Waals surface area (Å²) in [6.07, 6.45) is 4.20. The van der Waals surface area contributed by atoms with Gasteiger partial charge in [-0.3, -0.25) is 0 Å². The predicted molar refractivity (Wildman–Crippen MR) is 47.8 cm³/mol. The Morgan fingerprint density at radius 3 is 1.80 bits per heavy atom. The maximum absolute atomic E-state index is 2.48. The molecule has 0 aromatic carbocycles. The molecule has 0 amide bonds. The molecule has 1 aliphatic rings. The van der Waals surface area contributed by atoms with Crippen LogP contribution in [-0.2, 0) is 0 Å². The van der Waals surface area contributed by atoms with Gasteiger partial charge in [0.05, 0.1) is 0 Å². The average Bonchev–Trinajstić information content (AvgIpc) is 1.83. The molecular formula is C8H18ClN. The zero-order valence-corrected chi connectivity index (χ0v) is 7.95. The first-order valence-corrected chi connectivity index (χ1v) is 3.93. The van der Waals surface area contributed by atoms with Crippen molar-refractivity contribution < 1.29 is 0 Å². The standard InChI is InChI=1S/C8H17N.ClH/c1-7-5-4-6-8(2)9(7)3;/h7-8H,4-6H2,1-3H3;1H. The van der Waals surface area contributed by atoms with Gasteiger partial charge in [-0.2, -0.15) is 0 Å². The van der Waals surface area contributed by atoms with Gasteiger partial charge in [0, 0.05) is 12.1 Å². The molecular weight excluding hydrogens is 146 g/mol. The van der Waals surface area contributed by atoms with Gasteiger partial charge in [0.1, 0.15) is 0 Å². The highest BCUT2D eigenvalue weighted by molar-refractivity contribution is 5.85. The second-order valence-electron chi connectivity index (χ2n) is 3.29. The third kappa shape index (κ3) is 2.14. The first-order valence-electron chi connectivity index (χ1n) is 3.93. The third-order valence-electron chi connectivity index (χ3n) is 2.63. The Morgan fingerprint density at radius 1 is 1.10 bits per heavy atom. The molecule has 0 aliphatic carbocycles. The van der Waals surface area contributed by atoms with E-state index in [1.807, 2.05) is 0 Å². The summed E-state index contributed by atoms with van der Waals surface area (Å²) in [6, 6.07) is 1.63. The lowest BCUT2D eigenvalue weighted by Crippen LogP contribution is -2.40.